The Bertz CT molecular complexity index is 918. The third-order valence-electron chi connectivity index (χ3n) is 7.80. The first-order valence-corrected chi connectivity index (χ1v) is 14.0. The highest BCUT2D eigenvalue weighted by Gasteiger charge is 2.53. The smallest absolute Gasteiger partial charge is 0.251 e. The van der Waals surface area contributed by atoms with Crippen LogP contribution in [0.25, 0.3) is 0 Å². The molecular formula is C26H38N4O4S. The molecule has 35 heavy (non-hydrogen) atoms. The number of piperazine rings is 1. The first-order chi connectivity index (χ1) is 16.9. The summed E-state index contributed by atoms with van der Waals surface area (Å²) < 4.78 is 5.71. The highest BCUT2D eigenvalue weighted by atomic mass is 32.2. The number of fused-ring (bicyclic) bond motifs is 1. The number of carbonyl (C=O) groups is 3. The van der Waals surface area contributed by atoms with E-state index in [9.17, 15) is 14.4 Å². The summed E-state index contributed by atoms with van der Waals surface area (Å²) >= 11 is 1.62. The van der Waals surface area contributed by atoms with E-state index in [0.717, 1.165) is 44.8 Å². The molecule has 3 saturated heterocycles. The lowest BCUT2D eigenvalue weighted by Crippen LogP contribution is -2.54. The lowest BCUT2D eigenvalue weighted by molar-refractivity contribution is -0.139. The molecule has 0 radical (unpaired) electrons. The van der Waals surface area contributed by atoms with Crippen molar-refractivity contribution in [2.75, 3.05) is 57.0 Å². The molecule has 0 spiro atoms. The number of amides is 2. The second-order valence-electron chi connectivity index (χ2n) is 9.76. The molecule has 5 atom stereocenters. The van der Waals surface area contributed by atoms with E-state index in [1.54, 1.807) is 16.7 Å². The highest BCUT2D eigenvalue weighted by Crippen LogP contribution is 2.34. The quantitative estimate of drug-likeness (QED) is 0.581. The summed E-state index contributed by atoms with van der Waals surface area (Å²) in [6, 6.07) is 6.40. The monoisotopic (exact) mass is 502 g/mol. The number of nitrogens with zero attached hydrogens (tertiary/aromatic N) is 3. The predicted octanol–water partition coefficient (Wildman–Crippen LogP) is 1.88. The maximum absolute atomic E-state index is 13.7. The van der Waals surface area contributed by atoms with E-state index < -0.39 is 12.1 Å². The van der Waals surface area contributed by atoms with Gasteiger partial charge in [-0.3, -0.25) is 14.4 Å². The molecule has 0 unspecified atom stereocenters. The Morgan fingerprint density at radius 3 is 2.43 bits per heavy atom. The number of likely N-dealkylation sites (N-methyl/N-ethyl adjacent to an activating group) is 1. The van der Waals surface area contributed by atoms with Gasteiger partial charge in [0.1, 0.15) is 18.7 Å². The summed E-state index contributed by atoms with van der Waals surface area (Å²) in [6.07, 6.45) is 2.45. The number of likely N-dealkylation sites (tertiary alicyclic amines) is 1. The van der Waals surface area contributed by atoms with Crippen molar-refractivity contribution in [3.63, 3.8) is 0 Å². The minimum Gasteiger partial charge on any atom is -0.369 e. The van der Waals surface area contributed by atoms with E-state index in [0.29, 0.717) is 12.1 Å². The Hall–Kier alpha value is -2.10. The second-order valence-corrected chi connectivity index (χ2v) is 10.8. The Balaban J connectivity index is 1.44. The zero-order valence-corrected chi connectivity index (χ0v) is 22.1. The minimum atomic E-state index is -0.691. The van der Waals surface area contributed by atoms with Crippen LogP contribution in [0.1, 0.15) is 37.6 Å². The third kappa shape index (κ3) is 5.37. The van der Waals surface area contributed by atoms with Crippen LogP contribution >= 0.6 is 11.8 Å². The van der Waals surface area contributed by atoms with Crippen molar-refractivity contribution < 1.29 is 19.1 Å². The lowest BCUT2D eigenvalue weighted by Gasteiger charge is -2.35. The number of Topliss-reactive ketones (excluding diaryl/α,β-unsaturated/α-hetero) is 1. The molecule has 0 aliphatic carbocycles. The van der Waals surface area contributed by atoms with Crippen LogP contribution in [0.4, 0.5) is 5.69 Å². The van der Waals surface area contributed by atoms with Gasteiger partial charge in [-0.05, 0) is 43.0 Å². The number of benzene rings is 1. The molecule has 0 bridgehead atoms. The summed E-state index contributed by atoms with van der Waals surface area (Å²) in [5.74, 6) is -0.574. The van der Waals surface area contributed by atoms with Gasteiger partial charge in [-0.15, -0.1) is 0 Å². The van der Waals surface area contributed by atoms with Crippen LogP contribution in [-0.2, 0) is 14.3 Å². The summed E-state index contributed by atoms with van der Waals surface area (Å²) in [5, 5.41) is 3.06. The third-order valence-corrected chi connectivity index (χ3v) is 8.83. The van der Waals surface area contributed by atoms with Gasteiger partial charge in [-0.2, -0.15) is 11.8 Å². The zero-order chi connectivity index (χ0) is 25.1. The molecule has 0 aromatic heterocycles. The van der Waals surface area contributed by atoms with E-state index in [2.05, 4.69) is 22.0 Å². The minimum absolute atomic E-state index is 0.0514. The van der Waals surface area contributed by atoms with Crippen LogP contribution < -0.4 is 10.2 Å². The molecule has 3 heterocycles. The van der Waals surface area contributed by atoms with Crippen LogP contribution in [0, 0.1) is 5.92 Å². The number of ketones is 1. The van der Waals surface area contributed by atoms with Gasteiger partial charge in [0.05, 0.1) is 11.4 Å². The van der Waals surface area contributed by atoms with Gasteiger partial charge in [-0.1, -0.05) is 27.2 Å². The van der Waals surface area contributed by atoms with Crippen LogP contribution in [0.5, 0.6) is 0 Å². The number of hydrogen-bond donors (Lipinski definition) is 1. The summed E-state index contributed by atoms with van der Waals surface area (Å²) in [4.78, 5) is 45.8. The van der Waals surface area contributed by atoms with Gasteiger partial charge in [0, 0.05) is 44.0 Å². The van der Waals surface area contributed by atoms with Gasteiger partial charge in [0.2, 0.25) is 5.91 Å². The van der Waals surface area contributed by atoms with Gasteiger partial charge in [0.25, 0.3) is 5.91 Å². The van der Waals surface area contributed by atoms with E-state index >= 15 is 0 Å². The normalized spacial score (nSPS) is 26.5. The van der Waals surface area contributed by atoms with Crippen LogP contribution in [0.3, 0.4) is 0 Å². The SMILES string of the molecule is CC[C@H](C)[C@H](NC(=O)c1ccc(N2CCN(CC)CC2)cc1)C(=O)N1C[C@H](SC)[C@H]2OCC(=O)[C@H]21. The van der Waals surface area contributed by atoms with E-state index in [1.165, 1.54) is 0 Å². The van der Waals surface area contributed by atoms with Gasteiger partial charge >= 0.3 is 0 Å². The Morgan fingerprint density at radius 1 is 1.14 bits per heavy atom. The van der Waals surface area contributed by atoms with Gasteiger partial charge in [-0.25, -0.2) is 0 Å². The van der Waals surface area contributed by atoms with Crippen molar-refractivity contribution in [1.82, 2.24) is 15.1 Å². The fourth-order valence-electron chi connectivity index (χ4n) is 5.28. The largest absolute Gasteiger partial charge is 0.369 e. The Morgan fingerprint density at radius 2 is 1.83 bits per heavy atom. The number of carbonyl (C=O) groups excluding carboxylic acids is 3. The number of rotatable bonds is 8. The Labute approximate surface area is 212 Å². The van der Waals surface area contributed by atoms with Crippen molar-refractivity contribution in [2.24, 2.45) is 5.92 Å². The number of nitrogens with one attached hydrogen (secondary N) is 1. The molecule has 192 valence electrons. The van der Waals surface area contributed by atoms with Crippen LogP contribution in [0.15, 0.2) is 24.3 Å². The van der Waals surface area contributed by atoms with E-state index in [1.807, 2.05) is 44.4 Å². The van der Waals surface area contributed by atoms with E-state index in [-0.39, 0.29) is 41.5 Å². The highest BCUT2D eigenvalue weighted by molar-refractivity contribution is 7.99. The topological polar surface area (TPSA) is 82.2 Å². The molecule has 3 aliphatic rings. The fraction of sp³-hybridized carbons (Fsp3) is 0.654. The predicted molar refractivity (Wildman–Crippen MR) is 139 cm³/mol. The molecule has 0 saturated carbocycles. The molecule has 3 fully saturated rings. The maximum Gasteiger partial charge on any atom is 0.251 e. The molecular weight excluding hydrogens is 464 g/mol. The van der Waals surface area contributed by atoms with Crippen LogP contribution in [-0.4, -0.2) is 103 Å². The number of thioether (sulfide) groups is 1. The molecule has 9 heteroatoms. The molecule has 2 amide bonds. The van der Waals surface area contributed by atoms with Crippen molar-refractivity contribution in [2.45, 2.75) is 50.6 Å². The van der Waals surface area contributed by atoms with Crippen molar-refractivity contribution >= 4 is 35.0 Å². The standard InChI is InChI=1S/C26H38N4O4S/c1-5-17(3)22(26(33)30-15-21(35-4)24-23(30)20(31)16-34-24)27-25(32)18-7-9-19(10-8-18)29-13-11-28(6-2)12-14-29/h7-10,17,21-24H,5-6,11-16H2,1-4H3,(H,27,32)/t17-,21-,22-,23+,24+/m0/s1. The Kier molecular flexibility index (Phi) is 8.39. The molecule has 8 nitrogen and oxygen atoms in total. The average Bonchev–Trinajstić information content (AvgIpc) is 3.46. The molecule has 4 rings (SSSR count). The zero-order valence-electron chi connectivity index (χ0n) is 21.2. The number of ether oxygens (including phenoxy) is 1. The molecule has 3 aliphatic heterocycles. The second kappa shape index (κ2) is 11.3. The molecule has 1 aromatic carbocycles. The molecule has 1 aromatic rings. The molecule has 1 N–H and O–H groups in total. The van der Waals surface area contributed by atoms with Crippen LogP contribution in [0.2, 0.25) is 0 Å². The van der Waals surface area contributed by atoms with Gasteiger partial charge in [0.15, 0.2) is 5.78 Å². The number of hydrogen-bond acceptors (Lipinski definition) is 7. The van der Waals surface area contributed by atoms with Crippen molar-refractivity contribution in [1.29, 1.82) is 0 Å². The first-order valence-electron chi connectivity index (χ1n) is 12.7. The van der Waals surface area contributed by atoms with Crippen molar-refractivity contribution in [3.05, 3.63) is 29.8 Å². The van der Waals surface area contributed by atoms with Gasteiger partial charge < -0.3 is 24.8 Å². The summed E-state index contributed by atoms with van der Waals surface area (Å²) in [5.41, 5.74) is 1.64. The average molecular weight is 503 g/mol. The number of anilines is 1. The van der Waals surface area contributed by atoms with Crippen molar-refractivity contribution in [3.8, 4) is 0 Å². The first kappa shape index (κ1) is 26.0. The maximum atomic E-state index is 13.7. The summed E-state index contributed by atoms with van der Waals surface area (Å²) in [7, 11) is 0. The summed E-state index contributed by atoms with van der Waals surface area (Å²) in [6.45, 7) is 11.8. The fourth-order valence-corrected chi connectivity index (χ4v) is 6.08. The lowest BCUT2D eigenvalue weighted by atomic mass is 9.96. The van der Waals surface area contributed by atoms with E-state index in [4.69, 9.17) is 4.74 Å².